The summed E-state index contributed by atoms with van der Waals surface area (Å²) >= 11 is 0.765. The molecular formula is C11H13F3N4O2S. The van der Waals surface area contributed by atoms with Gasteiger partial charge in [0.25, 0.3) is 0 Å². The fourth-order valence-corrected chi connectivity index (χ4v) is 2.70. The number of carboxylic acids is 1. The largest absolute Gasteiger partial charge is 0.481 e. The van der Waals surface area contributed by atoms with Crippen molar-refractivity contribution in [3.63, 3.8) is 0 Å². The standard InChI is InChI=1S/C11H13F3N4O2S/c1-3-18-9-8(6(2)16-18)15-10(21-4-7(19)20)17(9)5-11(12,13)14/h3-5H2,1-2H3,(H,19,20). The number of aryl methyl sites for hydroxylation is 2. The number of imidazole rings is 1. The lowest BCUT2D eigenvalue weighted by molar-refractivity contribution is -0.141. The van der Waals surface area contributed by atoms with Crippen molar-refractivity contribution in [2.24, 2.45) is 0 Å². The number of aliphatic carboxylic acids is 1. The third-order valence-corrected chi connectivity index (χ3v) is 3.69. The maximum absolute atomic E-state index is 12.8. The number of aromatic nitrogens is 4. The summed E-state index contributed by atoms with van der Waals surface area (Å²) in [4.78, 5) is 14.7. The topological polar surface area (TPSA) is 72.9 Å². The van der Waals surface area contributed by atoms with Crippen LogP contribution in [-0.2, 0) is 17.9 Å². The van der Waals surface area contributed by atoms with Gasteiger partial charge in [0.1, 0.15) is 12.1 Å². The van der Waals surface area contributed by atoms with Crippen molar-refractivity contribution in [3.05, 3.63) is 5.69 Å². The van der Waals surface area contributed by atoms with Crippen LogP contribution in [0.5, 0.6) is 0 Å². The van der Waals surface area contributed by atoms with Gasteiger partial charge >= 0.3 is 12.1 Å². The number of nitrogens with zero attached hydrogens (tertiary/aromatic N) is 4. The van der Waals surface area contributed by atoms with Gasteiger partial charge in [0, 0.05) is 6.54 Å². The van der Waals surface area contributed by atoms with Crippen molar-refractivity contribution in [1.82, 2.24) is 19.3 Å². The molecule has 0 bridgehead atoms. The van der Waals surface area contributed by atoms with Crippen LogP contribution in [0.4, 0.5) is 13.2 Å². The van der Waals surface area contributed by atoms with Crippen LogP contribution in [0.1, 0.15) is 12.6 Å². The molecule has 0 amide bonds. The van der Waals surface area contributed by atoms with Crippen LogP contribution in [0.3, 0.4) is 0 Å². The molecule has 2 heterocycles. The van der Waals surface area contributed by atoms with E-state index in [-0.39, 0.29) is 16.6 Å². The quantitative estimate of drug-likeness (QED) is 0.855. The smallest absolute Gasteiger partial charge is 0.406 e. The van der Waals surface area contributed by atoms with E-state index in [0.29, 0.717) is 17.8 Å². The zero-order valence-corrected chi connectivity index (χ0v) is 12.1. The molecular weight excluding hydrogens is 309 g/mol. The third kappa shape index (κ3) is 3.31. The molecule has 2 aromatic heterocycles. The summed E-state index contributed by atoms with van der Waals surface area (Å²) in [6.07, 6.45) is -4.43. The maximum Gasteiger partial charge on any atom is 0.406 e. The Hall–Kier alpha value is -1.71. The molecule has 0 aliphatic carbocycles. The van der Waals surface area contributed by atoms with E-state index in [0.717, 1.165) is 16.3 Å². The van der Waals surface area contributed by atoms with Crippen LogP contribution in [0.2, 0.25) is 0 Å². The first-order valence-electron chi connectivity index (χ1n) is 6.08. The van der Waals surface area contributed by atoms with Gasteiger partial charge in [-0.1, -0.05) is 11.8 Å². The minimum atomic E-state index is -4.43. The Labute approximate surface area is 121 Å². The predicted octanol–water partition coefficient (Wildman–Crippen LogP) is 2.30. The lowest BCUT2D eigenvalue weighted by atomic mass is 10.4. The molecule has 0 aliphatic heterocycles. The molecule has 10 heteroatoms. The number of alkyl halides is 3. The van der Waals surface area contributed by atoms with Crippen LogP contribution < -0.4 is 0 Å². The van der Waals surface area contributed by atoms with Gasteiger partial charge in [0.2, 0.25) is 0 Å². The number of rotatable bonds is 5. The Balaban J connectivity index is 2.55. The molecule has 0 aliphatic rings. The van der Waals surface area contributed by atoms with Gasteiger partial charge in [0.15, 0.2) is 10.8 Å². The van der Waals surface area contributed by atoms with E-state index in [1.807, 2.05) is 0 Å². The number of fused-ring (bicyclic) bond motifs is 1. The lowest BCUT2D eigenvalue weighted by Gasteiger charge is -2.12. The van der Waals surface area contributed by atoms with Crippen molar-refractivity contribution in [2.45, 2.75) is 38.3 Å². The lowest BCUT2D eigenvalue weighted by Crippen LogP contribution is -2.20. The first-order valence-corrected chi connectivity index (χ1v) is 7.06. The molecule has 21 heavy (non-hydrogen) atoms. The number of carboxylic acid groups (broad SMARTS) is 1. The van der Waals surface area contributed by atoms with Crippen molar-refractivity contribution in [3.8, 4) is 0 Å². The highest BCUT2D eigenvalue weighted by atomic mass is 32.2. The van der Waals surface area contributed by atoms with E-state index in [9.17, 15) is 18.0 Å². The van der Waals surface area contributed by atoms with Crippen LogP contribution in [0.25, 0.3) is 11.2 Å². The number of carbonyl (C=O) groups is 1. The fourth-order valence-electron chi connectivity index (χ4n) is 1.98. The second-order valence-corrected chi connectivity index (χ2v) is 5.29. The minimum Gasteiger partial charge on any atom is -0.481 e. The normalized spacial score (nSPS) is 12.2. The van der Waals surface area contributed by atoms with Crippen molar-refractivity contribution >= 4 is 28.9 Å². The van der Waals surface area contributed by atoms with Gasteiger partial charge in [-0.05, 0) is 13.8 Å². The zero-order valence-electron chi connectivity index (χ0n) is 11.3. The average molecular weight is 322 g/mol. The average Bonchev–Trinajstić information content (AvgIpc) is 2.84. The molecule has 6 nitrogen and oxygen atoms in total. The number of thioether (sulfide) groups is 1. The Morgan fingerprint density at radius 1 is 1.43 bits per heavy atom. The first-order chi connectivity index (χ1) is 9.73. The molecule has 0 saturated heterocycles. The Kier molecular flexibility index (Phi) is 4.17. The summed E-state index contributed by atoms with van der Waals surface area (Å²) < 4.78 is 40.7. The molecule has 2 aromatic rings. The molecule has 1 N–H and O–H groups in total. The van der Waals surface area contributed by atoms with Gasteiger partial charge in [-0.3, -0.25) is 9.36 Å². The van der Waals surface area contributed by atoms with Crippen molar-refractivity contribution in [2.75, 3.05) is 5.75 Å². The third-order valence-electron chi connectivity index (χ3n) is 2.73. The van der Waals surface area contributed by atoms with Crippen LogP contribution in [-0.4, -0.2) is 42.3 Å². The molecule has 0 radical (unpaired) electrons. The summed E-state index contributed by atoms with van der Waals surface area (Å²) in [5, 5.41) is 12.9. The van der Waals surface area contributed by atoms with E-state index in [4.69, 9.17) is 5.11 Å². The fraction of sp³-hybridized carbons (Fsp3) is 0.545. The highest BCUT2D eigenvalue weighted by Crippen LogP contribution is 2.29. The van der Waals surface area contributed by atoms with E-state index >= 15 is 0 Å². The van der Waals surface area contributed by atoms with Gasteiger partial charge in [0.05, 0.1) is 11.4 Å². The molecule has 0 fully saturated rings. The summed E-state index contributed by atoms with van der Waals surface area (Å²) in [6.45, 7) is 2.60. The van der Waals surface area contributed by atoms with E-state index in [2.05, 4.69) is 10.1 Å². The highest BCUT2D eigenvalue weighted by molar-refractivity contribution is 7.99. The molecule has 0 aromatic carbocycles. The summed E-state index contributed by atoms with van der Waals surface area (Å²) in [7, 11) is 0. The predicted molar refractivity (Wildman–Crippen MR) is 70.3 cm³/mol. The molecule has 0 saturated carbocycles. The zero-order chi connectivity index (χ0) is 15.8. The van der Waals surface area contributed by atoms with E-state index in [1.54, 1.807) is 13.8 Å². The van der Waals surface area contributed by atoms with Crippen molar-refractivity contribution < 1.29 is 23.1 Å². The van der Waals surface area contributed by atoms with Crippen LogP contribution in [0.15, 0.2) is 5.16 Å². The second-order valence-electron chi connectivity index (χ2n) is 4.35. The molecule has 116 valence electrons. The molecule has 0 atom stereocenters. The van der Waals surface area contributed by atoms with Crippen molar-refractivity contribution in [1.29, 1.82) is 0 Å². The van der Waals surface area contributed by atoms with Gasteiger partial charge < -0.3 is 5.11 Å². The molecule has 0 spiro atoms. The Morgan fingerprint density at radius 3 is 2.62 bits per heavy atom. The minimum absolute atomic E-state index is 0.0347. The first kappa shape index (κ1) is 15.7. The molecule has 0 unspecified atom stereocenters. The van der Waals surface area contributed by atoms with Gasteiger partial charge in [-0.15, -0.1) is 0 Å². The molecule has 2 rings (SSSR count). The Bertz CT molecular complexity index is 677. The van der Waals surface area contributed by atoms with E-state index < -0.39 is 18.7 Å². The second kappa shape index (κ2) is 5.58. The summed E-state index contributed by atoms with van der Waals surface area (Å²) in [5.41, 5.74) is 1.15. The summed E-state index contributed by atoms with van der Waals surface area (Å²) in [6, 6.07) is 0. The van der Waals surface area contributed by atoms with E-state index in [1.165, 1.54) is 4.68 Å². The summed E-state index contributed by atoms with van der Waals surface area (Å²) in [5.74, 6) is -1.46. The number of halogens is 3. The SMILES string of the molecule is CCn1nc(C)c2nc(SCC(=O)O)n(CC(F)(F)F)c21. The van der Waals surface area contributed by atoms with Gasteiger partial charge in [-0.25, -0.2) is 9.67 Å². The van der Waals surface area contributed by atoms with Crippen LogP contribution in [0, 0.1) is 6.92 Å². The Morgan fingerprint density at radius 2 is 2.10 bits per heavy atom. The van der Waals surface area contributed by atoms with Gasteiger partial charge in [-0.2, -0.15) is 18.3 Å². The highest BCUT2D eigenvalue weighted by Gasteiger charge is 2.32. The number of hydrogen-bond acceptors (Lipinski definition) is 4. The monoisotopic (exact) mass is 322 g/mol. The number of hydrogen-bond donors (Lipinski definition) is 1. The maximum atomic E-state index is 12.8. The van der Waals surface area contributed by atoms with Crippen LogP contribution >= 0.6 is 11.8 Å².